The van der Waals surface area contributed by atoms with Gasteiger partial charge < -0.3 is 5.32 Å². The fourth-order valence-corrected chi connectivity index (χ4v) is 4.28. The van der Waals surface area contributed by atoms with Crippen LogP contribution in [0, 0.1) is 0 Å². The summed E-state index contributed by atoms with van der Waals surface area (Å²) in [5, 5.41) is 4.41. The van der Waals surface area contributed by atoms with Crippen molar-refractivity contribution in [2.75, 3.05) is 18.1 Å². The van der Waals surface area contributed by atoms with Crippen molar-refractivity contribution in [1.29, 1.82) is 0 Å². The minimum atomic E-state index is 0.647. The van der Waals surface area contributed by atoms with Gasteiger partial charge in [-0.2, -0.15) is 11.8 Å². The van der Waals surface area contributed by atoms with Gasteiger partial charge in [0.2, 0.25) is 0 Å². The Kier molecular flexibility index (Phi) is 5.93. The third kappa shape index (κ3) is 4.22. The van der Waals surface area contributed by atoms with Crippen LogP contribution in [0.1, 0.15) is 25.8 Å². The molecule has 1 nitrogen and oxygen atoms in total. The van der Waals surface area contributed by atoms with Crippen molar-refractivity contribution in [2.45, 2.75) is 42.9 Å². The van der Waals surface area contributed by atoms with E-state index in [4.69, 9.17) is 0 Å². The van der Waals surface area contributed by atoms with E-state index in [1.54, 1.807) is 0 Å². The molecule has 0 saturated carbocycles. The zero-order chi connectivity index (χ0) is 12.8. The molecule has 1 N–H and O–H groups in total. The first kappa shape index (κ1) is 14.3. The van der Waals surface area contributed by atoms with Crippen LogP contribution in [0.2, 0.25) is 0 Å². The van der Waals surface area contributed by atoms with E-state index in [0.717, 1.165) is 11.8 Å². The van der Waals surface area contributed by atoms with Gasteiger partial charge in [0.15, 0.2) is 0 Å². The molecule has 1 aliphatic rings. The summed E-state index contributed by atoms with van der Waals surface area (Å²) in [6, 6.07) is 9.46. The van der Waals surface area contributed by atoms with Crippen molar-refractivity contribution in [3.8, 4) is 0 Å². The van der Waals surface area contributed by atoms with Gasteiger partial charge in [-0.3, -0.25) is 0 Å². The van der Waals surface area contributed by atoms with Crippen molar-refractivity contribution in [3.63, 3.8) is 0 Å². The first-order valence-electron chi connectivity index (χ1n) is 6.85. The van der Waals surface area contributed by atoms with Gasteiger partial charge in [0.25, 0.3) is 0 Å². The molecule has 0 bridgehead atoms. The summed E-state index contributed by atoms with van der Waals surface area (Å²) in [7, 11) is 0. The SMILES string of the molecule is CCSCCC(C)NCC1Cc2ccccc2S1. The Bertz CT molecular complexity index is 342. The molecule has 0 amide bonds. The molecule has 1 aliphatic heterocycles. The zero-order valence-corrected chi connectivity index (χ0v) is 12.9. The summed E-state index contributed by atoms with van der Waals surface area (Å²) >= 11 is 4.08. The molecule has 3 heteroatoms. The van der Waals surface area contributed by atoms with E-state index in [-0.39, 0.29) is 0 Å². The Morgan fingerprint density at radius 2 is 2.28 bits per heavy atom. The standard InChI is InChI=1S/C15H23NS2/c1-3-17-9-8-12(2)16-11-14-10-13-6-4-5-7-15(13)18-14/h4-7,12,14,16H,3,8-11H2,1-2H3. The first-order chi connectivity index (χ1) is 8.79. The Morgan fingerprint density at radius 3 is 3.06 bits per heavy atom. The molecule has 18 heavy (non-hydrogen) atoms. The normalized spacial score (nSPS) is 19.8. The second kappa shape index (κ2) is 7.46. The van der Waals surface area contributed by atoms with E-state index in [2.05, 4.69) is 43.4 Å². The van der Waals surface area contributed by atoms with Gasteiger partial charge in [-0.25, -0.2) is 0 Å². The fraction of sp³-hybridized carbons (Fsp3) is 0.600. The highest BCUT2D eigenvalue weighted by molar-refractivity contribution is 8.00. The number of rotatable bonds is 7. The molecular weight excluding hydrogens is 258 g/mol. The van der Waals surface area contributed by atoms with Crippen LogP contribution in [-0.2, 0) is 6.42 Å². The maximum absolute atomic E-state index is 3.68. The Hall–Kier alpha value is -0.120. The third-order valence-corrected chi connectivity index (χ3v) is 5.56. The van der Waals surface area contributed by atoms with Crippen molar-refractivity contribution >= 4 is 23.5 Å². The molecule has 0 radical (unpaired) electrons. The predicted molar refractivity (Wildman–Crippen MR) is 84.9 cm³/mol. The van der Waals surface area contributed by atoms with Gasteiger partial charge in [0.1, 0.15) is 0 Å². The van der Waals surface area contributed by atoms with Crippen molar-refractivity contribution in [3.05, 3.63) is 29.8 Å². The van der Waals surface area contributed by atoms with Gasteiger partial charge in [-0.1, -0.05) is 25.1 Å². The summed E-state index contributed by atoms with van der Waals surface area (Å²) in [4.78, 5) is 1.48. The number of hydrogen-bond acceptors (Lipinski definition) is 3. The third-order valence-electron chi connectivity index (χ3n) is 3.31. The summed E-state index contributed by atoms with van der Waals surface area (Å²) in [6.45, 7) is 5.68. The lowest BCUT2D eigenvalue weighted by Gasteiger charge is -2.16. The first-order valence-corrected chi connectivity index (χ1v) is 8.88. The minimum Gasteiger partial charge on any atom is -0.313 e. The largest absolute Gasteiger partial charge is 0.313 e. The Labute approximate surface area is 120 Å². The monoisotopic (exact) mass is 281 g/mol. The van der Waals surface area contributed by atoms with Crippen molar-refractivity contribution < 1.29 is 0 Å². The maximum atomic E-state index is 3.68. The average molecular weight is 281 g/mol. The van der Waals surface area contributed by atoms with Gasteiger partial charge in [0, 0.05) is 22.7 Å². The van der Waals surface area contributed by atoms with Gasteiger partial charge in [0.05, 0.1) is 0 Å². The maximum Gasteiger partial charge on any atom is 0.0260 e. The van der Waals surface area contributed by atoms with E-state index >= 15 is 0 Å². The van der Waals surface area contributed by atoms with Crippen LogP contribution in [0.3, 0.4) is 0 Å². The lowest BCUT2D eigenvalue weighted by atomic mass is 10.1. The molecule has 0 fully saturated rings. The quantitative estimate of drug-likeness (QED) is 0.763. The molecule has 1 heterocycles. The molecule has 0 aliphatic carbocycles. The minimum absolute atomic E-state index is 0.647. The van der Waals surface area contributed by atoms with Gasteiger partial charge in [-0.05, 0) is 42.9 Å². The summed E-state index contributed by atoms with van der Waals surface area (Å²) in [6.07, 6.45) is 2.51. The number of hydrogen-bond donors (Lipinski definition) is 1. The van der Waals surface area contributed by atoms with Crippen LogP contribution in [0.4, 0.5) is 0 Å². The number of nitrogens with one attached hydrogen (secondary N) is 1. The molecule has 100 valence electrons. The van der Waals surface area contributed by atoms with Crippen LogP contribution in [0.25, 0.3) is 0 Å². The number of fused-ring (bicyclic) bond motifs is 1. The van der Waals surface area contributed by atoms with E-state index in [0.29, 0.717) is 6.04 Å². The van der Waals surface area contributed by atoms with E-state index in [1.807, 2.05) is 23.5 Å². The van der Waals surface area contributed by atoms with Crippen molar-refractivity contribution in [2.24, 2.45) is 0 Å². The van der Waals surface area contributed by atoms with Crippen LogP contribution in [-0.4, -0.2) is 29.3 Å². The van der Waals surface area contributed by atoms with Gasteiger partial charge >= 0.3 is 0 Å². The lowest BCUT2D eigenvalue weighted by molar-refractivity contribution is 0.534. The Balaban J connectivity index is 1.67. The molecule has 2 rings (SSSR count). The average Bonchev–Trinajstić information content (AvgIpc) is 2.79. The molecule has 2 atom stereocenters. The summed E-state index contributed by atoms with van der Waals surface area (Å²) in [5.74, 6) is 2.52. The van der Waals surface area contributed by atoms with E-state index < -0.39 is 0 Å². The second-order valence-corrected chi connectivity index (χ2v) is 7.58. The molecule has 0 aromatic heterocycles. The highest BCUT2D eigenvalue weighted by Gasteiger charge is 2.21. The smallest absolute Gasteiger partial charge is 0.0260 e. The van der Waals surface area contributed by atoms with Crippen LogP contribution in [0.5, 0.6) is 0 Å². The zero-order valence-electron chi connectivity index (χ0n) is 11.3. The van der Waals surface area contributed by atoms with Gasteiger partial charge in [-0.15, -0.1) is 11.8 Å². The van der Waals surface area contributed by atoms with E-state index in [1.165, 1.54) is 34.8 Å². The summed E-state index contributed by atoms with van der Waals surface area (Å²) in [5.41, 5.74) is 1.53. The molecule has 1 aromatic carbocycles. The van der Waals surface area contributed by atoms with Crippen LogP contribution < -0.4 is 5.32 Å². The predicted octanol–water partition coefficient (Wildman–Crippen LogP) is 3.82. The molecule has 2 unspecified atom stereocenters. The van der Waals surface area contributed by atoms with Crippen molar-refractivity contribution in [1.82, 2.24) is 5.32 Å². The molecule has 1 aromatic rings. The highest BCUT2D eigenvalue weighted by Crippen LogP contribution is 2.36. The topological polar surface area (TPSA) is 12.0 Å². The molecular formula is C15H23NS2. The Morgan fingerprint density at radius 1 is 1.44 bits per heavy atom. The van der Waals surface area contributed by atoms with Crippen LogP contribution in [0.15, 0.2) is 29.2 Å². The molecule has 0 spiro atoms. The highest BCUT2D eigenvalue weighted by atomic mass is 32.2. The lowest BCUT2D eigenvalue weighted by Crippen LogP contribution is -2.32. The molecule has 0 saturated heterocycles. The summed E-state index contributed by atoms with van der Waals surface area (Å²) < 4.78 is 0. The fourth-order valence-electron chi connectivity index (χ4n) is 2.21. The van der Waals surface area contributed by atoms with E-state index in [9.17, 15) is 0 Å². The second-order valence-electron chi connectivity index (χ2n) is 4.85. The van der Waals surface area contributed by atoms with Crippen LogP contribution >= 0.6 is 23.5 Å². The number of benzene rings is 1. The number of thioether (sulfide) groups is 2.